The first kappa shape index (κ1) is 13.1. The number of likely N-dealkylation sites (tertiary alicyclic amines) is 1. The van der Waals surface area contributed by atoms with E-state index in [4.69, 9.17) is 5.73 Å². The summed E-state index contributed by atoms with van der Waals surface area (Å²) >= 11 is 0. The van der Waals surface area contributed by atoms with Gasteiger partial charge in [-0.1, -0.05) is 0 Å². The molecule has 1 rings (SSSR count). The molecule has 0 spiro atoms. The molecule has 0 aliphatic carbocycles. The summed E-state index contributed by atoms with van der Waals surface area (Å²) < 4.78 is 25.3. The van der Waals surface area contributed by atoms with Crippen LogP contribution >= 0.6 is 12.4 Å². The lowest BCUT2D eigenvalue weighted by atomic mass is 10.1. The molecule has 0 unspecified atom stereocenters. The SMILES string of the molecule is Cl.NCCCN1CCC(F)(F)CC1. The monoisotopic (exact) mass is 214 g/mol. The number of piperidine rings is 1. The molecule has 5 heteroatoms. The van der Waals surface area contributed by atoms with Crippen molar-refractivity contribution in [3.05, 3.63) is 0 Å². The highest BCUT2D eigenvalue weighted by atomic mass is 35.5. The van der Waals surface area contributed by atoms with E-state index in [0.29, 0.717) is 19.6 Å². The Balaban J connectivity index is 0.00000144. The van der Waals surface area contributed by atoms with E-state index in [-0.39, 0.29) is 25.2 Å². The Morgan fingerprint density at radius 1 is 1.23 bits per heavy atom. The molecule has 0 bridgehead atoms. The van der Waals surface area contributed by atoms with Gasteiger partial charge >= 0.3 is 0 Å². The zero-order chi connectivity index (χ0) is 9.03. The maximum absolute atomic E-state index is 12.6. The Kier molecular flexibility index (Phi) is 5.76. The van der Waals surface area contributed by atoms with Gasteiger partial charge in [0, 0.05) is 25.9 Å². The fourth-order valence-corrected chi connectivity index (χ4v) is 1.42. The molecule has 2 N–H and O–H groups in total. The average molecular weight is 215 g/mol. The van der Waals surface area contributed by atoms with E-state index in [9.17, 15) is 8.78 Å². The van der Waals surface area contributed by atoms with Crippen LogP contribution in [0.4, 0.5) is 8.78 Å². The zero-order valence-corrected chi connectivity index (χ0v) is 8.45. The number of nitrogens with zero attached hydrogens (tertiary/aromatic N) is 1. The lowest BCUT2D eigenvalue weighted by Gasteiger charge is -2.31. The van der Waals surface area contributed by atoms with Gasteiger partial charge < -0.3 is 10.6 Å². The fourth-order valence-electron chi connectivity index (χ4n) is 1.42. The van der Waals surface area contributed by atoms with Crippen molar-refractivity contribution >= 4 is 12.4 Å². The Hall–Kier alpha value is 0.0700. The van der Waals surface area contributed by atoms with E-state index in [2.05, 4.69) is 4.90 Å². The predicted molar refractivity (Wildman–Crippen MR) is 51.5 cm³/mol. The summed E-state index contributed by atoms with van der Waals surface area (Å²) in [6.07, 6.45) is 0.931. The van der Waals surface area contributed by atoms with Crippen molar-refractivity contribution < 1.29 is 8.78 Å². The summed E-state index contributed by atoms with van der Waals surface area (Å²) in [7, 11) is 0. The van der Waals surface area contributed by atoms with Gasteiger partial charge in [0.15, 0.2) is 0 Å². The standard InChI is InChI=1S/C8H16F2N2.ClH/c9-8(10)2-6-12(7-3-8)5-1-4-11;/h1-7,11H2;1H. The van der Waals surface area contributed by atoms with Gasteiger partial charge in [0.25, 0.3) is 5.92 Å². The van der Waals surface area contributed by atoms with Gasteiger partial charge in [-0.05, 0) is 19.5 Å². The largest absolute Gasteiger partial charge is 0.330 e. The van der Waals surface area contributed by atoms with E-state index >= 15 is 0 Å². The number of rotatable bonds is 3. The van der Waals surface area contributed by atoms with Crippen molar-refractivity contribution in [3.8, 4) is 0 Å². The Morgan fingerprint density at radius 3 is 2.23 bits per heavy atom. The Morgan fingerprint density at radius 2 is 1.77 bits per heavy atom. The van der Waals surface area contributed by atoms with E-state index < -0.39 is 5.92 Å². The number of alkyl halides is 2. The smallest absolute Gasteiger partial charge is 0.250 e. The van der Waals surface area contributed by atoms with E-state index in [1.54, 1.807) is 0 Å². The average Bonchev–Trinajstić information content (AvgIpc) is 2.03. The van der Waals surface area contributed by atoms with Gasteiger partial charge in [-0.3, -0.25) is 0 Å². The van der Waals surface area contributed by atoms with E-state index in [1.807, 2.05) is 0 Å². The summed E-state index contributed by atoms with van der Waals surface area (Å²) in [5.74, 6) is -2.42. The highest BCUT2D eigenvalue weighted by Crippen LogP contribution is 2.27. The van der Waals surface area contributed by atoms with E-state index in [0.717, 1.165) is 13.0 Å². The molecule has 2 nitrogen and oxygen atoms in total. The maximum Gasteiger partial charge on any atom is 0.250 e. The van der Waals surface area contributed by atoms with Crippen molar-refractivity contribution in [3.63, 3.8) is 0 Å². The first-order chi connectivity index (χ1) is 5.64. The van der Waals surface area contributed by atoms with Crippen LogP contribution in [-0.2, 0) is 0 Å². The molecular weight excluding hydrogens is 198 g/mol. The summed E-state index contributed by atoms with van der Waals surface area (Å²) in [6.45, 7) is 2.56. The third-order valence-electron chi connectivity index (χ3n) is 2.27. The van der Waals surface area contributed by atoms with Crippen molar-refractivity contribution in [2.45, 2.75) is 25.2 Å². The van der Waals surface area contributed by atoms with Gasteiger partial charge in [-0.25, -0.2) is 8.78 Å². The summed E-state index contributed by atoms with van der Waals surface area (Å²) in [5.41, 5.74) is 5.32. The Labute approximate surface area is 83.9 Å². The van der Waals surface area contributed by atoms with Crippen molar-refractivity contribution in [2.24, 2.45) is 5.73 Å². The molecule has 13 heavy (non-hydrogen) atoms. The van der Waals surface area contributed by atoms with Crippen LogP contribution in [-0.4, -0.2) is 37.0 Å². The molecule has 0 saturated carbocycles. The number of hydrogen-bond donors (Lipinski definition) is 1. The third-order valence-corrected chi connectivity index (χ3v) is 2.27. The van der Waals surface area contributed by atoms with Crippen LogP contribution in [0.2, 0.25) is 0 Å². The van der Waals surface area contributed by atoms with Crippen molar-refractivity contribution in [2.75, 3.05) is 26.2 Å². The molecule has 1 heterocycles. The number of hydrogen-bond acceptors (Lipinski definition) is 2. The maximum atomic E-state index is 12.6. The minimum atomic E-state index is -2.42. The molecule has 1 saturated heterocycles. The second kappa shape index (κ2) is 5.73. The molecule has 1 fully saturated rings. The number of halogens is 3. The first-order valence-electron chi connectivity index (χ1n) is 4.44. The van der Waals surface area contributed by atoms with Gasteiger partial charge in [-0.15, -0.1) is 12.4 Å². The lowest BCUT2D eigenvalue weighted by molar-refractivity contribution is -0.0550. The molecule has 0 aromatic carbocycles. The lowest BCUT2D eigenvalue weighted by Crippen LogP contribution is -2.40. The van der Waals surface area contributed by atoms with Gasteiger partial charge in [0.1, 0.15) is 0 Å². The molecule has 0 amide bonds. The van der Waals surface area contributed by atoms with Gasteiger partial charge in [0.2, 0.25) is 0 Å². The van der Waals surface area contributed by atoms with E-state index in [1.165, 1.54) is 0 Å². The highest BCUT2D eigenvalue weighted by Gasteiger charge is 2.33. The summed E-state index contributed by atoms with van der Waals surface area (Å²) in [5, 5.41) is 0. The molecule has 0 atom stereocenters. The minimum Gasteiger partial charge on any atom is -0.330 e. The fraction of sp³-hybridized carbons (Fsp3) is 1.00. The molecule has 1 aliphatic rings. The summed E-state index contributed by atoms with van der Waals surface area (Å²) in [4.78, 5) is 2.06. The molecule has 80 valence electrons. The molecule has 0 radical (unpaired) electrons. The summed E-state index contributed by atoms with van der Waals surface area (Å²) in [6, 6.07) is 0. The molecule has 0 aromatic rings. The van der Waals surface area contributed by atoms with Crippen LogP contribution in [0.5, 0.6) is 0 Å². The molecular formula is C8H17ClF2N2. The quantitative estimate of drug-likeness (QED) is 0.772. The Bertz CT molecular complexity index is 134. The van der Waals surface area contributed by atoms with Crippen LogP contribution in [0.1, 0.15) is 19.3 Å². The molecule has 1 aliphatic heterocycles. The second-order valence-corrected chi connectivity index (χ2v) is 3.34. The van der Waals surface area contributed by atoms with Crippen LogP contribution in [0, 0.1) is 0 Å². The van der Waals surface area contributed by atoms with Crippen molar-refractivity contribution in [1.82, 2.24) is 4.90 Å². The van der Waals surface area contributed by atoms with Crippen LogP contribution in [0.25, 0.3) is 0 Å². The second-order valence-electron chi connectivity index (χ2n) is 3.34. The highest BCUT2D eigenvalue weighted by molar-refractivity contribution is 5.85. The minimum absolute atomic E-state index is 0. The van der Waals surface area contributed by atoms with Gasteiger partial charge in [-0.2, -0.15) is 0 Å². The predicted octanol–water partition coefficient (Wildman–Crippen LogP) is 1.49. The third kappa shape index (κ3) is 4.74. The van der Waals surface area contributed by atoms with Crippen LogP contribution < -0.4 is 5.73 Å². The molecule has 0 aromatic heterocycles. The van der Waals surface area contributed by atoms with Crippen LogP contribution in [0.15, 0.2) is 0 Å². The normalized spacial score (nSPS) is 22.4. The van der Waals surface area contributed by atoms with Crippen molar-refractivity contribution in [1.29, 1.82) is 0 Å². The van der Waals surface area contributed by atoms with Crippen LogP contribution in [0.3, 0.4) is 0 Å². The first-order valence-corrected chi connectivity index (χ1v) is 4.44. The number of nitrogens with two attached hydrogens (primary N) is 1. The zero-order valence-electron chi connectivity index (χ0n) is 7.64. The topological polar surface area (TPSA) is 29.3 Å². The van der Waals surface area contributed by atoms with Gasteiger partial charge in [0.05, 0.1) is 0 Å².